The fraction of sp³-hybridized carbons (Fsp3) is 0.143. The Balaban J connectivity index is 2.12. The lowest BCUT2D eigenvalue weighted by molar-refractivity contribution is 0.204. The minimum absolute atomic E-state index is 0.907. The molecule has 1 aliphatic rings. The molecule has 0 saturated heterocycles. The monoisotopic (exact) mass is 211 g/mol. The highest BCUT2D eigenvalue weighted by molar-refractivity contribution is 5.93. The molecule has 0 atom stereocenters. The molecule has 2 aromatic rings. The van der Waals surface area contributed by atoms with Gasteiger partial charge < -0.3 is 4.84 Å². The number of nitrogens with zero attached hydrogens (tertiary/aromatic N) is 1. The molecule has 2 aromatic carbocycles. The third-order valence-electron chi connectivity index (χ3n) is 2.82. The van der Waals surface area contributed by atoms with Crippen molar-refractivity contribution in [1.29, 1.82) is 0 Å². The predicted molar refractivity (Wildman–Crippen MR) is 66.1 cm³/mol. The fourth-order valence-electron chi connectivity index (χ4n) is 2.03. The third-order valence-corrected chi connectivity index (χ3v) is 2.82. The van der Waals surface area contributed by atoms with Crippen molar-refractivity contribution in [1.82, 2.24) is 0 Å². The number of hydrogen-bond acceptors (Lipinski definition) is 2. The van der Waals surface area contributed by atoms with E-state index >= 15 is 0 Å². The molecule has 0 radical (unpaired) electrons. The molecule has 0 saturated carbocycles. The number of benzene rings is 2. The van der Waals surface area contributed by atoms with Crippen molar-refractivity contribution in [2.75, 3.05) is 11.6 Å². The Hall–Kier alpha value is -1.96. The van der Waals surface area contributed by atoms with Crippen LogP contribution in [0.15, 0.2) is 54.8 Å². The largest absolute Gasteiger partial charge is 0.388 e. The minimum Gasteiger partial charge on any atom is -0.388 e. The van der Waals surface area contributed by atoms with Crippen LogP contribution in [0.1, 0.15) is 6.42 Å². The number of fused-ring (bicyclic) bond motifs is 1. The Morgan fingerprint density at radius 3 is 2.75 bits per heavy atom. The summed E-state index contributed by atoms with van der Waals surface area (Å²) in [6.45, 7) is 0.907. The van der Waals surface area contributed by atoms with Crippen LogP contribution in [-0.4, -0.2) is 6.54 Å². The Bertz CT molecular complexity index is 528. The van der Waals surface area contributed by atoms with Crippen LogP contribution in [0.5, 0.6) is 0 Å². The van der Waals surface area contributed by atoms with Gasteiger partial charge >= 0.3 is 0 Å². The zero-order valence-corrected chi connectivity index (χ0v) is 8.97. The standard InChI is InChI=1S/C14H13NO/c1-2-8-13-12(6-1)7-5-9-14(13)15-10-3-4-11-16-15/h1-2,4-9,11H,3,10H2. The van der Waals surface area contributed by atoms with Crippen LogP contribution in [0, 0.1) is 0 Å². The zero-order chi connectivity index (χ0) is 10.8. The van der Waals surface area contributed by atoms with E-state index in [1.54, 1.807) is 6.26 Å². The van der Waals surface area contributed by atoms with E-state index in [9.17, 15) is 0 Å². The van der Waals surface area contributed by atoms with E-state index in [1.165, 1.54) is 10.8 Å². The molecule has 2 heteroatoms. The van der Waals surface area contributed by atoms with Crippen molar-refractivity contribution in [2.24, 2.45) is 0 Å². The molecule has 0 aliphatic carbocycles. The number of hydrogen-bond donors (Lipinski definition) is 0. The van der Waals surface area contributed by atoms with E-state index in [0.29, 0.717) is 0 Å². The van der Waals surface area contributed by atoms with E-state index in [4.69, 9.17) is 4.84 Å². The summed E-state index contributed by atoms with van der Waals surface area (Å²) in [5, 5.41) is 4.43. The minimum atomic E-state index is 0.907. The summed E-state index contributed by atoms with van der Waals surface area (Å²) in [7, 11) is 0. The molecule has 0 bridgehead atoms. The smallest absolute Gasteiger partial charge is 0.115 e. The second-order valence-corrected chi connectivity index (χ2v) is 3.87. The average Bonchev–Trinajstić information content (AvgIpc) is 2.39. The Morgan fingerprint density at radius 1 is 1.00 bits per heavy atom. The van der Waals surface area contributed by atoms with Crippen LogP contribution in [-0.2, 0) is 4.84 Å². The summed E-state index contributed by atoms with van der Waals surface area (Å²) < 4.78 is 0. The van der Waals surface area contributed by atoms with Gasteiger partial charge in [-0.15, -0.1) is 0 Å². The molecule has 80 valence electrons. The summed E-state index contributed by atoms with van der Waals surface area (Å²) in [6, 6.07) is 14.7. The molecule has 0 spiro atoms. The summed E-state index contributed by atoms with van der Waals surface area (Å²) in [4.78, 5) is 5.52. The zero-order valence-electron chi connectivity index (χ0n) is 8.97. The first-order chi connectivity index (χ1) is 7.95. The number of hydroxylamine groups is 1. The highest BCUT2D eigenvalue weighted by atomic mass is 16.7. The Kier molecular flexibility index (Phi) is 2.26. The van der Waals surface area contributed by atoms with Gasteiger partial charge in [-0.2, -0.15) is 0 Å². The second kappa shape index (κ2) is 3.89. The second-order valence-electron chi connectivity index (χ2n) is 3.87. The summed E-state index contributed by atoms with van der Waals surface area (Å²) in [5.74, 6) is 0. The topological polar surface area (TPSA) is 12.5 Å². The molecular weight excluding hydrogens is 198 g/mol. The molecule has 3 rings (SSSR count). The average molecular weight is 211 g/mol. The van der Waals surface area contributed by atoms with Gasteiger partial charge in [0, 0.05) is 5.39 Å². The highest BCUT2D eigenvalue weighted by Crippen LogP contribution is 2.27. The van der Waals surface area contributed by atoms with Gasteiger partial charge in [-0.1, -0.05) is 36.4 Å². The molecule has 2 nitrogen and oxygen atoms in total. The maximum Gasteiger partial charge on any atom is 0.115 e. The van der Waals surface area contributed by atoms with E-state index in [-0.39, 0.29) is 0 Å². The normalized spacial score (nSPS) is 15.1. The van der Waals surface area contributed by atoms with Crippen molar-refractivity contribution in [2.45, 2.75) is 6.42 Å². The van der Waals surface area contributed by atoms with Gasteiger partial charge in [0.05, 0.1) is 12.2 Å². The first-order valence-corrected chi connectivity index (χ1v) is 5.52. The van der Waals surface area contributed by atoms with Gasteiger partial charge in [-0.3, -0.25) is 0 Å². The van der Waals surface area contributed by atoms with E-state index in [2.05, 4.69) is 42.5 Å². The van der Waals surface area contributed by atoms with Crippen LogP contribution in [0.4, 0.5) is 5.69 Å². The number of rotatable bonds is 1. The highest BCUT2D eigenvalue weighted by Gasteiger charge is 2.11. The van der Waals surface area contributed by atoms with Gasteiger partial charge in [0.2, 0.25) is 0 Å². The molecule has 16 heavy (non-hydrogen) atoms. The molecule has 0 aromatic heterocycles. The van der Waals surface area contributed by atoms with Crippen molar-refractivity contribution in [3.63, 3.8) is 0 Å². The predicted octanol–water partition coefficient (Wildman–Crippen LogP) is 3.50. The van der Waals surface area contributed by atoms with Crippen molar-refractivity contribution >= 4 is 16.5 Å². The Labute approximate surface area is 94.7 Å². The van der Waals surface area contributed by atoms with E-state index in [1.807, 2.05) is 11.1 Å². The van der Waals surface area contributed by atoms with Gasteiger partial charge in [0.1, 0.15) is 6.26 Å². The fourth-order valence-corrected chi connectivity index (χ4v) is 2.03. The van der Waals surface area contributed by atoms with Gasteiger partial charge in [0.15, 0.2) is 0 Å². The van der Waals surface area contributed by atoms with Crippen LogP contribution in [0.2, 0.25) is 0 Å². The molecule has 0 amide bonds. The molecule has 0 N–H and O–H groups in total. The summed E-state index contributed by atoms with van der Waals surface area (Å²) in [6.07, 6.45) is 4.83. The van der Waals surface area contributed by atoms with E-state index in [0.717, 1.165) is 18.7 Å². The summed E-state index contributed by atoms with van der Waals surface area (Å²) in [5.41, 5.74) is 1.14. The molecular formula is C14H13NO. The molecule has 0 fully saturated rings. The van der Waals surface area contributed by atoms with Crippen molar-refractivity contribution in [3.8, 4) is 0 Å². The van der Waals surface area contributed by atoms with Crippen molar-refractivity contribution < 1.29 is 4.84 Å². The lowest BCUT2D eigenvalue weighted by Gasteiger charge is -2.25. The van der Waals surface area contributed by atoms with Crippen LogP contribution < -0.4 is 5.06 Å². The molecule has 0 unspecified atom stereocenters. The number of anilines is 1. The van der Waals surface area contributed by atoms with Gasteiger partial charge in [-0.05, 0) is 23.9 Å². The quantitative estimate of drug-likeness (QED) is 0.715. The third kappa shape index (κ3) is 1.52. The maximum atomic E-state index is 5.52. The summed E-state index contributed by atoms with van der Waals surface area (Å²) >= 11 is 0. The van der Waals surface area contributed by atoms with E-state index < -0.39 is 0 Å². The van der Waals surface area contributed by atoms with Gasteiger partial charge in [-0.25, -0.2) is 5.06 Å². The first kappa shape index (κ1) is 9.28. The van der Waals surface area contributed by atoms with Crippen LogP contribution in [0.3, 0.4) is 0 Å². The van der Waals surface area contributed by atoms with Crippen LogP contribution >= 0.6 is 0 Å². The first-order valence-electron chi connectivity index (χ1n) is 5.52. The van der Waals surface area contributed by atoms with Crippen molar-refractivity contribution in [3.05, 3.63) is 54.8 Å². The molecule has 1 heterocycles. The lowest BCUT2D eigenvalue weighted by atomic mass is 10.1. The maximum absolute atomic E-state index is 5.52. The molecule has 1 aliphatic heterocycles. The SMILES string of the molecule is C1=CON(c2cccc3ccccc23)CC1. The van der Waals surface area contributed by atoms with Gasteiger partial charge in [0.25, 0.3) is 0 Å². The lowest BCUT2D eigenvalue weighted by Crippen LogP contribution is -2.24. The van der Waals surface area contributed by atoms with Crippen LogP contribution in [0.25, 0.3) is 10.8 Å². The Morgan fingerprint density at radius 2 is 1.88 bits per heavy atom.